The maximum Gasteiger partial charge on any atom is 0.251 e. The Balaban J connectivity index is 0.000000248. The fraction of sp³-hybridized carbons (Fsp3) is 0.652. The maximum absolute atomic E-state index is 14.1. The molecule has 3 rings (SSSR count). The van der Waals surface area contributed by atoms with Crippen molar-refractivity contribution in [2.75, 3.05) is 45.3 Å². The van der Waals surface area contributed by atoms with Gasteiger partial charge in [0.1, 0.15) is 5.82 Å². The summed E-state index contributed by atoms with van der Waals surface area (Å²) in [5, 5.41) is 2.50. The lowest BCUT2D eigenvalue weighted by Crippen LogP contribution is -2.35. The first-order chi connectivity index (χ1) is 14.5. The summed E-state index contributed by atoms with van der Waals surface area (Å²) in [7, 11) is 3.38. The summed E-state index contributed by atoms with van der Waals surface area (Å²) in [4.78, 5) is 25.7. The topological polar surface area (TPSA) is 61.9 Å². The van der Waals surface area contributed by atoms with Gasteiger partial charge in [-0.15, -0.1) is 0 Å². The molecular weight excluding hydrogens is 385 g/mol. The van der Waals surface area contributed by atoms with Gasteiger partial charge in [0, 0.05) is 52.0 Å². The molecular formula is C23H36FN3O3. The first kappa shape index (κ1) is 24.1. The molecule has 2 fully saturated rings. The van der Waals surface area contributed by atoms with Crippen LogP contribution in [0, 0.1) is 11.7 Å². The van der Waals surface area contributed by atoms with Gasteiger partial charge in [0.2, 0.25) is 6.41 Å². The highest BCUT2D eigenvalue weighted by atomic mass is 19.1. The van der Waals surface area contributed by atoms with E-state index in [-0.39, 0.29) is 11.7 Å². The van der Waals surface area contributed by atoms with Gasteiger partial charge in [-0.05, 0) is 56.2 Å². The van der Waals surface area contributed by atoms with Crippen molar-refractivity contribution in [2.24, 2.45) is 5.92 Å². The monoisotopic (exact) mass is 421 g/mol. The molecule has 30 heavy (non-hydrogen) atoms. The van der Waals surface area contributed by atoms with Crippen molar-refractivity contribution in [3.8, 4) is 0 Å². The van der Waals surface area contributed by atoms with Gasteiger partial charge in [-0.2, -0.15) is 0 Å². The van der Waals surface area contributed by atoms with Crippen LogP contribution in [0.25, 0.3) is 0 Å². The number of amides is 2. The van der Waals surface area contributed by atoms with E-state index in [9.17, 15) is 14.0 Å². The van der Waals surface area contributed by atoms with Crippen LogP contribution in [0.3, 0.4) is 0 Å². The third-order valence-electron chi connectivity index (χ3n) is 6.04. The molecule has 2 amide bonds. The lowest BCUT2D eigenvalue weighted by molar-refractivity contribution is -0.119. The number of nitrogens with one attached hydrogen (secondary N) is 1. The Kier molecular flexibility index (Phi) is 10.1. The summed E-state index contributed by atoms with van der Waals surface area (Å²) in [5.41, 5.74) is 0.985. The summed E-state index contributed by atoms with van der Waals surface area (Å²) in [6.07, 6.45) is 7.50. The number of anilines is 1. The minimum atomic E-state index is -0.308. The Labute approximate surface area is 179 Å². The minimum Gasteiger partial charge on any atom is -0.381 e. The highest BCUT2D eigenvalue weighted by Crippen LogP contribution is 2.27. The normalized spacial score (nSPS) is 21.7. The quantitative estimate of drug-likeness (QED) is 0.740. The number of nitrogens with zero attached hydrogens (tertiary/aromatic N) is 2. The number of piperidine rings is 1. The molecule has 6 nitrogen and oxygen atoms in total. The van der Waals surface area contributed by atoms with E-state index in [1.807, 2.05) is 7.05 Å². The van der Waals surface area contributed by atoms with Crippen molar-refractivity contribution in [2.45, 2.75) is 51.5 Å². The molecule has 0 bridgehead atoms. The summed E-state index contributed by atoms with van der Waals surface area (Å²) in [5.74, 6) is 0.0835. The molecule has 168 valence electrons. The van der Waals surface area contributed by atoms with Gasteiger partial charge in [0.15, 0.2) is 0 Å². The lowest BCUT2D eigenvalue weighted by Gasteiger charge is -2.34. The third kappa shape index (κ3) is 6.97. The number of halogens is 1. The van der Waals surface area contributed by atoms with Gasteiger partial charge in [0.05, 0.1) is 5.69 Å². The minimum absolute atomic E-state index is 0.254. The Hall–Kier alpha value is -2.15. The van der Waals surface area contributed by atoms with Crippen molar-refractivity contribution in [3.63, 3.8) is 0 Å². The van der Waals surface area contributed by atoms with E-state index in [1.54, 1.807) is 24.1 Å². The summed E-state index contributed by atoms with van der Waals surface area (Å²) in [6, 6.07) is 5.13. The van der Waals surface area contributed by atoms with E-state index >= 15 is 0 Å². The standard InChI is InChI=1S/C15H21FN2O.C8H15NO2/c1-3-11-5-4-8-18(10-11)14-7-6-12(9-13(14)16)15(19)17-2;1-9(7-10)8-3-2-5-11-6-4-8/h6-7,9,11H,3-5,8,10H2,1-2H3,(H,17,19);7-8H,2-6H2,1H3. The molecule has 2 saturated heterocycles. The molecule has 1 aromatic carbocycles. The van der Waals surface area contributed by atoms with E-state index in [1.165, 1.54) is 12.5 Å². The molecule has 0 saturated carbocycles. The highest BCUT2D eigenvalue weighted by Gasteiger charge is 2.21. The van der Waals surface area contributed by atoms with E-state index in [0.29, 0.717) is 23.2 Å². The SMILES string of the molecule is CCC1CCCN(c2ccc(C(=O)NC)cc2F)C1.CN(C=O)C1CCCOCC1. The fourth-order valence-electron chi connectivity index (χ4n) is 4.05. The first-order valence-corrected chi connectivity index (χ1v) is 11.0. The average Bonchev–Trinajstić information content (AvgIpc) is 3.08. The van der Waals surface area contributed by atoms with Gasteiger partial charge in [0.25, 0.3) is 5.91 Å². The highest BCUT2D eigenvalue weighted by molar-refractivity contribution is 5.94. The Morgan fingerprint density at radius 1 is 1.30 bits per heavy atom. The van der Waals surface area contributed by atoms with Crippen LogP contribution < -0.4 is 10.2 Å². The molecule has 2 unspecified atom stereocenters. The van der Waals surface area contributed by atoms with Crippen molar-refractivity contribution < 1.29 is 18.7 Å². The largest absolute Gasteiger partial charge is 0.381 e. The lowest BCUT2D eigenvalue weighted by atomic mass is 9.95. The van der Waals surface area contributed by atoms with E-state index in [2.05, 4.69) is 17.1 Å². The van der Waals surface area contributed by atoms with Crippen molar-refractivity contribution in [1.82, 2.24) is 10.2 Å². The van der Waals surface area contributed by atoms with Crippen LogP contribution >= 0.6 is 0 Å². The average molecular weight is 422 g/mol. The molecule has 2 aliphatic rings. The molecule has 7 heteroatoms. The number of carbonyl (C=O) groups is 2. The zero-order chi connectivity index (χ0) is 21.9. The molecule has 0 spiro atoms. The molecule has 0 radical (unpaired) electrons. The van der Waals surface area contributed by atoms with Gasteiger partial charge < -0.3 is 19.9 Å². The van der Waals surface area contributed by atoms with Crippen LogP contribution in [0.15, 0.2) is 18.2 Å². The first-order valence-electron chi connectivity index (χ1n) is 11.0. The van der Waals surface area contributed by atoms with Gasteiger partial charge in [-0.25, -0.2) is 4.39 Å². The molecule has 2 heterocycles. The van der Waals surface area contributed by atoms with Gasteiger partial charge in [-0.1, -0.05) is 13.3 Å². The zero-order valence-electron chi connectivity index (χ0n) is 18.5. The predicted octanol–water partition coefficient (Wildman–Crippen LogP) is 3.46. The van der Waals surface area contributed by atoms with E-state index in [4.69, 9.17) is 4.74 Å². The summed E-state index contributed by atoms with van der Waals surface area (Å²) < 4.78 is 19.4. The number of hydrogen-bond acceptors (Lipinski definition) is 4. The molecule has 2 atom stereocenters. The van der Waals surface area contributed by atoms with E-state index in [0.717, 1.165) is 64.8 Å². The van der Waals surface area contributed by atoms with Gasteiger partial charge in [-0.3, -0.25) is 9.59 Å². The number of hydrogen-bond donors (Lipinski definition) is 1. The number of carbonyl (C=O) groups excluding carboxylic acids is 2. The maximum atomic E-state index is 14.1. The van der Waals surface area contributed by atoms with Crippen LogP contribution in [-0.2, 0) is 9.53 Å². The molecule has 2 aliphatic heterocycles. The fourth-order valence-corrected chi connectivity index (χ4v) is 4.05. The number of benzene rings is 1. The molecule has 0 aromatic heterocycles. The smallest absolute Gasteiger partial charge is 0.251 e. The Morgan fingerprint density at radius 2 is 2.10 bits per heavy atom. The number of rotatable bonds is 5. The second kappa shape index (κ2) is 12.5. The van der Waals surface area contributed by atoms with Crippen LogP contribution in [0.2, 0.25) is 0 Å². The van der Waals surface area contributed by atoms with Crippen molar-refractivity contribution in [1.29, 1.82) is 0 Å². The second-order valence-corrected chi connectivity index (χ2v) is 8.08. The second-order valence-electron chi connectivity index (χ2n) is 8.08. The van der Waals surface area contributed by atoms with Gasteiger partial charge >= 0.3 is 0 Å². The van der Waals surface area contributed by atoms with Crippen molar-refractivity contribution in [3.05, 3.63) is 29.6 Å². The van der Waals surface area contributed by atoms with Crippen LogP contribution in [0.5, 0.6) is 0 Å². The summed E-state index contributed by atoms with van der Waals surface area (Å²) in [6.45, 7) is 5.63. The number of ether oxygens (including phenoxy) is 1. The molecule has 1 N–H and O–H groups in total. The molecule has 0 aliphatic carbocycles. The predicted molar refractivity (Wildman–Crippen MR) is 117 cm³/mol. The van der Waals surface area contributed by atoms with Crippen LogP contribution in [-0.4, -0.2) is 63.7 Å². The Bertz CT molecular complexity index is 678. The van der Waals surface area contributed by atoms with Crippen LogP contribution in [0.1, 0.15) is 55.8 Å². The summed E-state index contributed by atoms with van der Waals surface area (Å²) >= 11 is 0. The van der Waals surface area contributed by atoms with Crippen molar-refractivity contribution >= 4 is 18.0 Å². The van der Waals surface area contributed by atoms with Crippen LogP contribution in [0.4, 0.5) is 10.1 Å². The molecule has 1 aromatic rings. The Morgan fingerprint density at radius 3 is 2.77 bits per heavy atom. The third-order valence-corrected chi connectivity index (χ3v) is 6.04. The van der Waals surface area contributed by atoms with E-state index < -0.39 is 0 Å². The zero-order valence-corrected chi connectivity index (χ0v) is 18.5.